The number of benzene rings is 1. The van der Waals surface area contributed by atoms with Gasteiger partial charge in [0, 0.05) is 36.2 Å². The van der Waals surface area contributed by atoms with Gasteiger partial charge in [-0.2, -0.15) is 0 Å². The zero-order valence-electron chi connectivity index (χ0n) is 11.2. The van der Waals surface area contributed by atoms with Crippen LogP contribution < -0.4 is 10.6 Å². The van der Waals surface area contributed by atoms with Gasteiger partial charge < -0.3 is 10.6 Å². The highest BCUT2D eigenvalue weighted by molar-refractivity contribution is 5.72. The fourth-order valence-corrected chi connectivity index (χ4v) is 2.94. The van der Waals surface area contributed by atoms with Gasteiger partial charge in [-0.3, -0.25) is 4.98 Å². The van der Waals surface area contributed by atoms with E-state index in [4.69, 9.17) is 5.73 Å². The van der Waals surface area contributed by atoms with E-state index < -0.39 is 0 Å². The number of nitrogens with zero attached hydrogens (tertiary/aromatic N) is 2. The SMILES string of the molecule is Cc1cnccc1N1CC(CCN)c2ccccc21. The van der Waals surface area contributed by atoms with Gasteiger partial charge in [-0.25, -0.2) is 0 Å². The van der Waals surface area contributed by atoms with Crippen molar-refractivity contribution in [3.8, 4) is 0 Å². The van der Waals surface area contributed by atoms with Gasteiger partial charge in [-0.1, -0.05) is 18.2 Å². The fourth-order valence-electron chi connectivity index (χ4n) is 2.94. The highest BCUT2D eigenvalue weighted by Crippen LogP contribution is 2.42. The number of nitrogens with two attached hydrogens (primary N) is 1. The van der Waals surface area contributed by atoms with Crippen molar-refractivity contribution in [2.24, 2.45) is 5.73 Å². The molecule has 2 aromatic rings. The zero-order valence-corrected chi connectivity index (χ0v) is 11.2. The van der Waals surface area contributed by atoms with Crippen molar-refractivity contribution in [1.82, 2.24) is 4.98 Å². The first kappa shape index (κ1) is 12.2. The van der Waals surface area contributed by atoms with E-state index in [0.717, 1.165) is 19.5 Å². The summed E-state index contributed by atoms with van der Waals surface area (Å²) in [7, 11) is 0. The molecule has 0 saturated carbocycles. The fraction of sp³-hybridized carbons (Fsp3) is 0.312. The number of rotatable bonds is 3. The van der Waals surface area contributed by atoms with Crippen molar-refractivity contribution in [3.05, 3.63) is 53.9 Å². The van der Waals surface area contributed by atoms with E-state index in [1.165, 1.54) is 22.5 Å². The van der Waals surface area contributed by atoms with Crippen LogP contribution in [0.1, 0.15) is 23.5 Å². The van der Waals surface area contributed by atoms with Crippen LogP contribution in [0.25, 0.3) is 0 Å². The second-order valence-corrected chi connectivity index (χ2v) is 5.11. The van der Waals surface area contributed by atoms with Gasteiger partial charge in [0.25, 0.3) is 0 Å². The number of aromatic nitrogens is 1. The van der Waals surface area contributed by atoms with Crippen LogP contribution in [0.2, 0.25) is 0 Å². The van der Waals surface area contributed by atoms with Gasteiger partial charge in [-0.15, -0.1) is 0 Å². The Balaban J connectivity index is 2.03. The lowest BCUT2D eigenvalue weighted by atomic mass is 9.98. The van der Waals surface area contributed by atoms with E-state index in [2.05, 4.69) is 47.1 Å². The molecule has 3 rings (SSSR count). The lowest BCUT2D eigenvalue weighted by Crippen LogP contribution is -2.18. The van der Waals surface area contributed by atoms with Crippen molar-refractivity contribution in [1.29, 1.82) is 0 Å². The molecule has 2 N–H and O–H groups in total. The molecule has 1 aliphatic rings. The van der Waals surface area contributed by atoms with Crippen molar-refractivity contribution in [3.63, 3.8) is 0 Å². The van der Waals surface area contributed by atoms with E-state index in [1.54, 1.807) is 0 Å². The minimum Gasteiger partial charge on any atom is -0.340 e. The van der Waals surface area contributed by atoms with Crippen LogP contribution >= 0.6 is 0 Å². The van der Waals surface area contributed by atoms with Gasteiger partial charge in [0.05, 0.1) is 0 Å². The van der Waals surface area contributed by atoms with E-state index >= 15 is 0 Å². The summed E-state index contributed by atoms with van der Waals surface area (Å²) >= 11 is 0. The molecule has 0 aliphatic carbocycles. The summed E-state index contributed by atoms with van der Waals surface area (Å²) in [6, 6.07) is 10.7. The number of anilines is 2. The zero-order chi connectivity index (χ0) is 13.2. The molecule has 0 amide bonds. The van der Waals surface area contributed by atoms with Crippen LogP contribution in [0.3, 0.4) is 0 Å². The number of para-hydroxylation sites is 1. The molecule has 19 heavy (non-hydrogen) atoms. The number of aryl methyl sites for hydroxylation is 1. The maximum absolute atomic E-state index is 5.75. The highest BCUT2D eigenvalue weighted by Gasteiger charge is 2.29. The van der Waals surface area contributed by atoms with Gasteiger partial charge >= 0.3 is 0 Å². The first-order valence-electron chi connectivity index (χ1n) is 6.78. The molecule has 1 atom stereocenters. The summed E-state index contributed by atoms with van der Waals surface area (Å²) < 4.78 is 0. The van der Waals surface area contributed by atoms with Gasteiger partial charge in [0.1, 0.15) is 0 Å². The van der Waals surface area contributed by atoms with E-state index in [-0.39, 0.29) is 0 Å². The molecule has 1 unspecified atom stereocenters. The summed E-state index contributed by atoms with van der Waals surface area (Å²) in [6.45, 7) is 3.87. The first-order valence-corrected chi connectivity index (χ1v) is 6.78. The standard InChI is InChI=1S/C16H19N3/c1-12-10-18-9-7-15(12)19-11-13(6-8-17)14-4-2-3-5-16(14)19/h2-5,7,9-10,13H,6,8,11,17H2,1H3. The third-order valence-electron chi connectivity index (χ3n) is 3.87. The van der Waals surface area contributed by atoms with Crippen LogP contribution in [0, 0.1) is 6.92 Å². The predicted molar refractivity (Wildman–Crippen MR) is 78.8 cm³/mol. The topological polar surface area (TPSA) is 42.2 Å². The van der Waals surface area contributed by atoms with Gasteiger partial charge in [0.15, 0.2) is 0 Å². The number of pyridine rings is 1. The Morgan fingerprint density at radius 2 is 2.11 bits per heavy atom. The molecule has 3 heteroatoms. The van der Waals surface area contributed by atoms with Crippen molar-refractivity contribution in [2.45, 2.75) is 19.3 Å². The molecule has 1 aromatic heterocycles. The molecule has 3 nitrogen and oxygen atoms in total. The van der Waals surface area contributed by atoms with Crippen LogP contribution in [0.5, 0.6) is 0 Å². The van der Waals surface area contributed by atoms with Crippen LogP contribution in [0.15, 0.2) is 42.7 Å². The number of hydrogen-bond acceptors (Lipinski definition) is 3. The Morgan fingerprint density at radius 3 is 2.89 bits per heavy atom. The maximum atomic E-state index is 5.75. The predicted octanol–water partition coefficient (Wildman–Crippen LogP) is 2.97. The molecule has 1 aromatic carbocycles. The molecule has 0 radical (unpaired) electrons. The molecular formula is C16H19N3. The monoisotopic (exact) mass is 253 g/mol. The molecule has 0 spiro atoms. The molecule has 1 aliphatic heterocycles. The van der Waals surface area contributed by atoms with Crippen LogP contribution in [-0.2, 0) is 0 Å². The second kappa shape index (κ2) is 5.02. The molecule has 2 heterocycles. The third kappa shape index (κ3) is 2.10. The Morgan fingerprint density at radius 1 is 1.26 bits per heavy atom. The van der Waals surface area contributed by atoms with Gasteiger partial charge in [-0.05, 0) is 43.1 Å². The Kier molecular flexibility index (Phi) is 3.22. The molecule has 98 valence electrons. The maximum Gasteiger partial charge on any atom is 0.0471 e. The lowest BCUT2D eigenvalue weighted by Gasteiger charge is -2.21. The molecule has 0 bridgehead atoms. The third-order valence-corrected chi connectivity index (χ3v) is 3.87. The Hall–Kier alpha value is -1.87. The smallest absolute Gasteiger partial charge is 0.0471 e. The molecular weight excluding hydrogens is 234 g/mol. The first-order chi connectivity index (χ1) is 9.31. The van der Waals surface area contributed by atoms with E-state index in [1.807, 2.05) is 12.4 Å². The summed E-state index contributed by atoms with van der Waals surface area (Å²) in [5.74, 6) is 0.536. The summed E-state index contributed by atoms with van der Waals surface area (Å²) in [6.07, 6.45) is 4.83. The van der Waals surface area contributed by atoms with Crippen LogP contribution in [0.4, 0.5) is 11.4 Å². The summed E-state index contributed by atoms with van der Waals surface area (Å²) in [5, 5.41) is 0. The average Bonchev–Trinajstić information content (AvgIpc) is 2.79. The Labute approximate surface area is 114 Å². The van der Waals surface area contributed by atoms with E-state index in [0.29, 0.717) is 5.92 Å². The summed E-state index contributed by atoms with van der Waals surface area (Å²) in [4.78, 5) is 6.58. The quantitative estimate of drug-likeness (QED) is 0.914. The number of fused-ring (bicyclic) bond motifs is 1. The minimum atomic E-state index is 0.536. The summed E-state index contributed by atoms with van der Waals surface area (Å²) in [5.41, 5.74) is 11.0. The largest absolute Gasteiger partial charge is 0.340 e. The number of hydrogen-bond donors (Lipinski definition) is 1. The van der Waals surface area contributed by atoms with Crippen molar-refractivity contribution in [2.75, 3.05) is 18.0 Å². The Bertz CT molecular complexity index is 580. The minimum absolute atomic E-state index is 0.536. The lowest BCUT2D eigenvalue weighted by molar-refractivity contribution is 0.668. The van der Waals surface area contributed by atoms with Crippen molar-refractivity contribution < 1.29 is 0 Å². The average molecular weight is 253 g/mol. The van der Waals surface area contributed by atoms with Crippen molar-refractivity contribution >= 4 is 11.4 Å². The van der Waals surface area contributed by atoms with Gasteiger partial charge in [0.2, 0.25) is 0 Å². The normalized spacial score (nSPS) is 17.6. The van der Waals surface area contributed by atoms with E-state index in [9.17, 15) is 0 Å². The molecule has 0 fully saturated rings. The second-order valence-electron chi connectivity index (χ2n) is 5.11. The highest BCUT2D eigenvalue weighted by atomic mass is 15.2. The van der Waals surface area contributed by atoms with Crippen LogP contribution in [-0.4, -0.2) is 18.1 Å². The molecule has 0 saturated heterocycles.